The Morgan fingerprint density at radius 1 is 1.23 bits per heavy atom. The first kappa shape index (κ1) is 19.0. The molecular formula is C23H25N5O2. The monoisotopic (exact) mass is 403 g/mol. The van der Waals surface area contributed by atoms with E-state index < -0.39 is 5.60 Å². The molecule has 1 aliphatic rings. The standard InChI is InChI=1S/C23H25N5O2/c1-23(2,30)16-7-5-15(6-8-16)20-19-14-25-21-17(9-10-24-21)28(19)22(26-20)18-4-3-11-27(18)12-13-29/h5-10,13-14,18,24,30H,3-4,11-12H2,1-2H3. The summed E-state index contributed by atoms with van der Waals surface area (Å²) in [4.78, 5) is 26.3. The predicted octanol–water partition coefficient (Wildman–Crippen LogP) is 3.44. The van der Waals surface area contributed by atoms with Crippen LogP contribution >= 0.6 is 0 Å². The topological polar surface area (TPSA) is 86.5 Å². The van der Waals surface area contributed by atoms with Crippen LogP contribution in [0.1, 0.15) is 44.1 Å². The molecule has 0 radical (unpaired) electrons. The quantitative estimate of drug-likeness (QED) is 0.499. The van der Waals surface area contributed by atoms with E-state index in [9.17, 15) is 9.90 Å². The molecule has 0 aliphatic carbocycles. The average Bonchev–Trinajstić information content (AvgIpc) is 3.44. The predicted molar refractivity (Wildman–Crippen MR) is 115 cm³/mol. The van der Waals surface area contributed by atoms with Gasteiger partial charge in [-0.2, -0.15) is 0 Å². The Bertz CT molecular complexity index is 1220. The number of benzene rings is 1. The molecule has 154 valence electrons. The second kappa shape index (κ2) is 7.04. The fraction of sp³-hybridized carbons (Fsp3) is 0.348. The Kier molecular flexibility index (Phi) is 4.45. The van der Waals surface area contributed by atoms with E-state index in [1.807, 2.05) is 42.7 Å². The molecule has 1 fully saturated rings. The van der Waals surface area contributed by atoms with E-state index >= 15 is 0 Å². The van der Waals surface area contributed by atoms with Gasteiger partial charge in [-0.25, -0.2) is 9.97 Å². The third-order valence-corrected chi connectivity index (χ3v) is 6.04. The van der Waals surface area contributed by atoms with Crippen LogP contribution in [-0.2, 0) is 10.4 Å². The molecule has 1 unspecified atom stereocenters. The van der Waals surface area contributed by atoms with Crippen LogP contribution < -0.4 is 0 Å². The zero-order valence-electron chi connectivity index (χ0n) is 17.2. The number of fused-ring (bicyclic) bond motifs is 3. The van der Waals surface area contributed by atoms with Crippen LogP contribution in [0, 0.1) is 0 Å². The summed E-state index contributed by atoms with van der Waals surface area (Å²) >= 11 is 0. The van der Waals surface area contributed by atoms with Crippen LogP contribution in [0.5, 0.6) is 0 Å². The summed E-state index contributed by atoms with van der Waals surface area (Å²) < 4.78 is 2.17. The summed E-state index contributed by atoms with van der Waals surface area (Å²) in [5, 5.41) is 10.3. The second-order valence-corrected chi connectivity index (χ2v) is 8.46. The van der Waals surface area contributed by atoms with E-state index in [1.165, 1.54) is 0 Å². The van der Waals surface area contributed by atoms with Gasteiger partial charge in [0.15, 0.2) is 5.65 Å². The van der Waals surface area contributed by atoms with Crippen LogP contribution in [-0.4, -0.2) is 48.7 Å². The number of aliphatic hydroxyl groups is 1. The molecule has 1 aromatic carbocycles. The molecule has 1 atom stereocenters. The van der Waals surface area contributed by atoms with Gasteiger partial charge < -0.3 is 14.9 Å². The van der Waals surface area contributed by atoms with Gasteiger partial charge in [-0.15, -0.1) is 0 Å². The number of nitrogens with one attached hydrogen (secondary N) is 1. The second-order valence-electron chi connectivity index (χ2n) is 8.46. The molecular weight excluding hydrogens is 378 g/mol. The molecule has 0 saturated carbocycles. The number of carbonyl (C=O) groups excluding carboxylic acids is 1. The number of nitrogens with zero attached hydrogens (tertiary/aromatic N) is 4. The number of carbonyl (C=O) groups is 1. The Hall–Kier alpha value is -3.03. The van der Waals surface area contributed by atoms with Crippen molar-refractivity contribution in [1.29, 1.82) is 0 Å². The van der Waals surface area contributed by atoms with Crippen molar-refractivity contribution in [2.45, 2.75) is 38.3 Å². The van der Waals surface area contributed by atoms with Crippen molar-refractivity contribution in [3.63, 3.8) is 0 Å². The molecule has 7 heteroatoms. The molecule has 30 heavy (non-hydrogen) atoms. The van der Waals surface area contributed by atoms with Crippen molar-refractivity contribution < 1.29 is 9.90 Å². The highest BCUT2D eigenvalue weighted by Gasteiger charge is 2.31. The lowest BCUT2D eigenvalue weighted by atomic mass is 9.97. The van der Waals surface area contributed by atoms with E-state index in [-0.39, 0.29) is 6.04 Å². The van der Waals surface area contributed by atoms with Crippen molar-refractivity contribution >= 4 is 23.0 Å². The number of hydrogen-bond donors (Lipinski definition) is 2. The number of likely N-dealkylation sites (tertiary alicyclic amines) is 1. The number of aromatic amines is 1. The minimum atomic E-state index is -0.891. The van der Waals surface area contributed by atoms with Crippen LogP contribution in [0.2, 0.25) is 0 Å². The Labute approximate surface area is 174 Å². The fourth-order valence-electron chi connectivity index (χ4n) is 4.49. The summed E-state index contributed by atoms with van der Waals surface area (Å²) in [6.45, 7) is 4.87. The lowest BCUT2D eigenvalue weighted by Crippen LogP contribution is -2.26. The summed E-state index contributed by atoms with van der Waals surface area (Å²) in [7, 11) is 0. The Morgan fingerprint density at radius 2 is 2.03 bits per heavy atom. The minimum Gasteiger partial charge on any atom is -0.386 e. The lowest BCUT2D eigenvalue weighted by Gasteiger charge is -2.21. The SMILES string of the molecule is CC(C)(O)c1ccc(-c2nc(C3CCCN3CC=O)n3c2cnc2[nH]ccc23)cc1. The number of aromatic nitrogens is 4. The zero-order chi connectivity index (χ0) is 20.9. The maximum atomic E-state index is 11.2. The molecule has 0 amide bonds. The Morgan fingerprint density at radius 3 is 2.77 bits per heavy atom. The summed E-state index contributed by atoms with van der Waals surface area (Å²) in [6.07, 6.45) is 6.73. The fourth-order valence-corrected chi connectivity index (χ4v) is 4.49. The van der Waals surface area contributed by atoms with Gasteiger partial charge in [0.25, 0.3) is 0 Å². The first-order valence-corrected chi connectivity index (χ1v) is 10.3. The number of imidazole rings is 1. The summed E-state index contributed by atoms with van der Waals surface area (Å²) in [6, 6.07) is 9.98. The van der Waals surface area contributed by atoms with Crippen molar-refractivity contribution in [2.75, 3.05) is 13.1 Å². The largest absolute Gasteiger partial charge is 0.386 e. The third-order valence-electron chi connectivity index (χ3n) is 6.04. The van der Waals surface area contributed by atoms with Crippen LogP contribution in [0.15, 0.2) is 42.7 Å². The van der Waals surface area contributed by atoms with Gasteiger partial charge in [0.05, 0.1) is 41.1 Å². The number of H-pyrrole nitrogens is 1. The molecule has 0 spiro atoms. The summed E-state index contributed by atoms with van der Waals surface area (Å²) in [5.41, 5.74) is 4.53. The van der Waals surface area contributed by atoms with Crippen molar-refractivity contribution in [2.24, 2.45) is 0 Å². The average molecular weight is 403 g/mol. The number of aldehydes is 1. The van der Waals surface area contributed by atoms with E-state index in [0.717, 1.165) is 65.0 Å². The van der Waals surface area contributed by atoms with Crippen LogP contribution in [0.3, 0.4) is 0 Å². The molecule has 2 N–H and O–H groups in total. The molecule has 4 heterocycles. The highest BCUT2D eigenvalue weighted by atomic mass is 16.3. The first-order chi connectivity index (χ1) is 14.5. The third kappa shape index (κ3) is 3.02. The maximum Gasteiger partial charge on any atom is 0.154 e. The molecule has 4 aromatic rings. The van der Waals surface area contributed by atoms with Gasteiger partial charge in [0.1, 0.15) is 12.1 Å². The van der Waals surface area contributed by atoms with E-state index in [4.69, 9.17) is 4.98 Å². The van der Waals surface area contributed by atoms with E-state index in [0.29, 0.717) is 6.54 Å². The molecule has 7 nitrogen and oxygen atoms in total. The van der Waals surface area contributed by atoms with Gasteiger partial charge in [-0.3, -0.25) is 9.30 Å². The van der Waals surface area contributed by atoms with E-state index in [2.05, 4.69) is 19.3 Å². The van der Waals surface area contributed by atoms with Gasteiger partial charge in [0, 0.05) is 11.8 Å². The van der Waals surface area contributed by atoms with Crippen LogP contribution in [0.25, 0.3) is 27.9 Å². The molecule has 3 aromatic heterocycles. The normalized spacial score (nSPS) is 17.9. The van der Waals surface area contributed by atoms with Gasteiger partial charge in [-0.05, 0) is 44.9 Å². The maximum absolute atomic E-state index is 11.2. The minimum absolute atomic E-state index is 0.0904. The van der Waals surface area contributed by atoms with Gasteiger partial charge in [0.2, 0.25) is 0 Å². The first-order valence-electron chi connectivity index (χ1n) is 10.3. The van der Waals surface area contributed by atoms with Crippen LogP contribution in [0.4, 0.5) is 0 Å². The molecule has 1 aliphatic heterocycles. The molecule has 1 saturated heterocycles. The zero-order valence-corrected chi connectivity index (χ0v) is 17.2. The smallest absolute Gasteiger partial charge is 0.154 e. The van der Waals surface area contributed by atoms with Gasteiger partial charge >= 0.3 is 0 Å². The van der Waals surface area contributed by atoms with Gasteiger partial charge in [-0.1, -0.05) is 24.3 Å². The van der Waals surface area contributed by atoms with Crippen molar-refractivity contribution in [3.05, 3.63) is 54.1 Å². The van der Waals surface area contributed by atoms with Crippen molar-refractivity contribution in [3.8, 4) is 11.3 Å². The van der Waals surface area contributed by atoms with Crippen molar-refractivity contribution in [1.82, 2.24) is 24.3 Å². The lowest BCUT2D eigenvalue weighted by molar-refractivity contribution is -0.109. The number of hydrogen-bond acceptors (Lipinski definition) is 5. The molecule has 0 bridgehead atoms. The Balaban J connectivity index is 1.71. The number of rotatable bonds is 5. The van der Waals surface area contributed by atoms with E-state index in [1.54, 1.807) is 13.8 Å². The molecule has 5 rings (SSSR count). The summed E-state index contributed by atoms with van der Waals surface area (Å²) in [5.74, 6) is 0.943. The highest BCUT2D eigenvalue weighted by molar-refractivity contribution is 5.84. The highest BCUT2D eigenvalue weighted by Crippen LogP contribution is 2.36.